The van der Waals surface area contributed by atoms with Crippen molar-refractivity contribution in [1.82, 2.24) is 14.5 Å². The molecule has 10 nitrogen and oxygen atoms in total. The van der Waals surface area contributed by atoms with Gasteiger partial charge < -0.3 is 24.6 Å². The van der Waals surface area contributed by atoms with Crippen LogP contribution in [-0.4, -0.2) is 64.1 Å². The van der Waals surface area contributed by atoms with Gasteiger partial charge in [0.15, 0.2) is 0 Å². The maximum Gasteiger partial charge on any atom is 0.411 e. The summed E-state index contributed by atoms with van der Waals surface area (Å²) in [5.74, 6) is -5.89. The zero-order valence-corrected chi connectivity index (χ0v) is 25.3. The molecule has 1 aliphatic heterocycles. The molecule has 1 amide bonds. The first-order chi connectivity index (χ1) is 22.1. The summed E-state index contributed by atoms with van der Waals surface area (Å²) < 4.78 is 78.0. The third-order valence-corrected chi connectivity index (χ3v) is 8.36. The van der Waals surface area contributed by atoms with E-state index in [0.717, 1.165) is 9.47 Å². The largest absolute Gasteiger partial charge is 0.480 e. The van der Waals surface area contributed by atoms with Crippen molar-refractivity contribution in [2.45, 2.75) is 31.6 Å². The number of benzene rings is 3. The second-order valence-electron chi connectivity index (χ2n) is 11.2. The summed E-state index contributed by atoms with van der Waals surface area (Å²) in [6, 6.07) is 7.25. The first-order valence-corrected chi connectivity index (χ1v) is 14.3. The molecule has 0 saturated carbocycles. The summed E-state index contributed by atoms with van der Waals surface area (Å²) >= 11 is 0. The molecular weight excluding hydrogens is 631 g/mol. The normalized spacial score (nSPS) is 15.9. The number of fused-ring (bicyclic) bond motifs is 1. The number of carboxylic acids is 1. The Hall–Kier alpha value is -5.05. The minimum atomic E-state index is -4.76. The van der Waals surface area contributed by atoms with Gasteiger partial charge in [-0.05, 0) is 41.0 Å². The average molecular weight is 661 g/mol. The molecule has 2 atom stereocenters. The predicted molar refractivity (Wildman–Crippen MR) is 162 cm³/mol. The van der Waals surface area contributed by atoms with Gasteiger partial charge in [-0.2, -0.15) is 13.2 Å². The molecule has 0 spiro atoms. The van der Waals surface area contributed by atoms with Crippen LogP contribution in [0.25, 0.3) is 21.9 Å². The molecule has 0 aliphatic carbocycles. The van der Waals surface area contributed by atoms with E-state index in [1.165, 1.54) is 18.7 Å². The summed E-state index contributed by atoms with van der Waals surface area (Å²) in [6.45, 7) is 0.456. The van der Waals surface area contributed by atoms with E-state index in [2.05, 4.69) is 5.32 Å². The number of carbonyl (C=O) groups is 2. The first kappa shape index (κ1) is 33.3. The zero-order valence-electron chi connectivity index (χ0n) is 25.3. The van der Waals surface area contributed by atoms with E-state index in [4.69, 9.17) is 4.74 Å². The first-order valence-electron chi connectivity index (χ1n) is 14.3. The lowest BCUT2D eigenvalue weighted by molar-refractivity contribution is -0.167. The van der Waals surface area contributed by atoms with Crippen LogP contribution in [0.15, 0.2) is 58.1 Å². The third kappa shape index (κ3) is 6.22. The fourth-order valence-corrected chi connectivity index (χ4v) is 5.79. The van der Waals surface area contributed by atoms with E-state index in [9.17, 15) is 37.5 Å². The molecule has 1 fully saturated rings. The van der Waals surface area contributed by atoms with Crippen LogP contribution in [0.4, 0.5) is 27.6 Å². The van der Waals surface area contributed by atoms with Gasteiger partial charge in [0.25, 0.3) is 11.5 Å². The number of ether oxygens (including phenoxy) is 1. The van der Waals surface area contributed by atoms with E-state index >= 15 is 8.78 Å². The summed E-state index contributed by atoms with van der Waals surface area (Å²) in [5.41, 5.74) is -1.09. The number of hydrogen-bond donors (Lipinski definition) is 2. The van der Waals surface area contributed by atoms with Crippen LogP contribution in [0.3, 0.4) is 0 Å². The second kappa shape index (κ2) is 12.6. The Morgan fingerprint density at radius 2 is 1.66 bits per heavy atom. The molecule has 0 radical (unpaired) electrons. The Morgan fingerprint density at radius 1 is 1.02 bits per heavy atom. The van der Waals surface area contributed by atoms with E-state index < -0.39 is 70.9 Å². The van der Waals surface area contributed by atoms with Crippen molar-refractivity contribution in [1.29, 1.82) is 0 Å². The van der Waals surface area contributed by atoms with Crippen LogP contribution in [0, 0.1) is 18.6 Å². The number of rotatable bonds is 7. The molecule has 5 rings (SSSR count). The van der Waals surface area contributed by atoms with Crippen molar-refractivity contribution in [2.24, 2.45) is 14.1 Å². The van der Waals surface area contributed by atoms with Gasteiger partial charge in [-0.25, -0.2) is 18.4 Å². The molecule has 1 aliphatic rings. The van der Waals surface area contributed by atoms with E-state index in [0.29, 0.717) is 39.7 Å². The van der Waals surface area contributed by atoms with Gasteiger partial charge in [0.1, 0.15) is 29.3 Å². The van der Waals surface area contributed by atoms with Gasteiger partial charge in [0.2, 0.25) is 0 Å². The van der Waals surface area contributed by atoms with Crippen molar-refractivity contribution >= 4 is 28.3 Å². The number of carbonyl (C=O) groups excluding carboxylic acids is 1. The average Bonchev–Trinajstić information content (AvgIpc) is 3.02. The highest BCUT2D eigenvalue weighted by Crippen LogP contribution is 2.34. The van der Waals surface area contributed by atoms with Crippen LogP contribution >= 0.6 is 0 Å². The Morgan fingerprint density at radius 3 is 2.28 bits per heavy atom. The number of morpholine rings is 1. The molecule has 0 bridgehead atoms. The van der Waals surface area contributed by atoms with Gasteiger partial charge in [-0.1, -0.05) is 36.4 Å². The molecule has 47 heavy (non-hydrogen) atoms. The number of halogens is 5. The Labute approximate surface area is 263 Å². The van der Waals surface area contributed by atoms with Crippen molar-refractivity contribution in [3.8, 4) is 11.1 Å². The monoisotopic (exact) mass is 660 g/mol. The number of aromatic nitrogens is 2. The topological polar surface area (TPSA) is 123 Å². The highest BCUT2D eigenvalue weighted by atomic mass is 19.4. The number of hydrogen-bond acceptors (Lipinski definition) is 6. The SMILES string of the molecule is Cc1c(-c2ccc(CC(NC(=O)c3c(F)cc(N4CCOCC4C(F)(F)F)cc3F)C(=O)O)c3ccccc23)c(=O)n(C)c(=O)n1C. The number of nitrogens with zero attached hydrogens (tertiary/aromatic N) is 3. The van der Waals surface area contributed by atoms with Crippen LogP contribution in [-0.2, 0) is 30.0 Å². The van der Waals surface area contributed by atoms with E-state index in [-0.39, 0.29) is 25.1 Å². The standard InChI is InChI=1S/C32H29F5N4O6/c1-16-26(29(43)40(3)31(46)39(16)2)21-9-8-17(19-6-4-5-7-20(19)21)12-24(30(44)45)38-28(42)27-22(33)13-18(14-23(27)34)41-10-11-47-15-25(41)32(35,36)37/h4-9,13-14,24-25H,10-12,15H2,1-3H3,(H,38,42)(H,44,45). The van der Waals surface area contributed by atoms with Crippen molar-refractivity contribution in [3.63, 3.8) is 0 Å². The van der Waals surface area contributed by atoms with Gasteiger partial charge >= 0.3 is 17.8 Å². The number of aliphatic carboxylic acids is 1. The Bertz CT molecular complexity index is 2000. The molecule has 15 heteroatoms. The van der Waals surface area contributed by atoms with Gasteiger partial charge in [-0.15, -0.1) is 0 Å². The number of nitrogens with one attached hydrogen (secondary N) is 1. The maximum absolute atomic E-state index is 15.1. The minimum Gasteiger partial charge on any atom is -0.480 e. The van der Waals surface area contributed by atoms with Crippen LogP contribution in [0.1, 0.15) is 21.6 Å². The smallest absolute Gasteiger partial charge is 0.411 e. The van der Waals surface area contributed by atoms with Crippen molar-refractivity contribution in [3.05, 3.63) is 97.8 Å². The molecule has 248 valence electrons. The summed E-state index contributed by atoms with van der Waals surface area (Å²) in [4.78, 5) is 51.6. The van der Waals surface area contributed by atoms with E-state index in [1.807, 2.05) is 0 Å². The van der Waals surface area contributed by atoms with Crippen LogP contribution < -0.4 is 21.5 Å². The summed E-state index contributed by atoms with van der Waals surface area (Å²) in [5, 5.41) is 13.1. The Kier molecular flexibility index (Phi) is 8.95. The summed E-state index contributed by atoms with van der Waals surface area (Å²) in [6.07, 6.45) is -5.09. The quantitative estimate of drug-likeness (QED) is 0.290. The number of anilines is 1. The lowest BCUT2D eigenvalue weighted by Gasteiger charge is -2.38. The molecule has 3 aromatic carbocycles. The van der Waals surface area contributed by atoms with Crippen molar-refractivity contribution in [2.75, 3.05) is 24.7 Å². The predicted octanol–water partition coefficient (Wildman–Crippen LogP) is 3.68. The lowest BCUT2D eigenvalue weighted by Crippen LogP contribution is -2.53. The minimum absolute atomic E-state index is 0.116. The van der Waals surface area contributed by atoms with Crippen LogP contribution in [0.2, 0.25) is 0 Å². The molecule has 1 saturated heterocycles. The molecule has 1 aromatic heterocycles. The zero-order chi connectivity index (χ0) is 34.4. The molecule has 2 heterocycles. The van der Waals surface area contributed by atoms with E-state index in [1.54, 1.807) is 43.3 Å². The molecular formula is C32H29F5N4O6. The second-order valence-corrected chi connectivity index (χ2v) is 11.2. The fourth-order valence-electron chi connectivity index (χ4n) is 5.79. The fraction of sp³-hybridized carbons (Fsp3) is 0.312. The highest BCUT2D eigenvalue weighted by Gasteiger charge is 2.46. The van der Waals surface area contributed by atoms with Crippen molar-refractivity contribution < 1.29 is 41.4 Å². The van der Waals surface area contributed by atoms with Crippen LogP contribution in [0.5, 0.6) is 0 Å². The van der Waals surface area contributed by atoms with Gasteiger partial charge in [0, 0.05) is 38.4 Å². The maximum atomic E-state index is 15.1. The molecule has 4 aromatic rings. The highest BCUT2D eigenvalue weighted by molar-refractivity contribution is 6.00. The number of carboxylic acid groups (broad SMARTS) is 1. The third-order valence-electron chi connectivity index (χ3n) is 8.36. The lowest BCUT2D eigenvalue weighted by atomic mass is 9.92. The summed E-state index contributed by atoms with van der Waals surface area (Å²) in [7, 11) is 2.88. The Balaban J connectivity index is 1.47. The van der Waals surface area contributed by atoms with Gasteiger partial charge in [-0.3, -0.25) is 14.2 Å². The van der Waals surface area contributed by atoms with Gasteiger partial charge in [0.05, 0.1) is 18.8 Å². The molecule has 2 N–H and O–H groups in total. The number of amides is 1. The molecule has 2 unspecified atom stereocenters. The number of alkyl halides is 3.